The van der Waals surface area contributed by atoms with Crippen LogP contribution in [0.2, 0.25) is 5.15 Å². The molecule has 1 N–H and O–H groups in total. The van der Waals surface area contributed by atoms with Gasteiger partial charge in [0.2, 0.25) is 0 Å². The van der Waals surface area contributed by atoms with Crippen molar-refractivity contribution in [3.63, 3.8) is 0 Å². The lowest BCUT2D eigenvalue weighted by Gasteiger charge is -2.14. The van der Waals surface area contributed by atoms with Crippen LogP contribution in [0.25, 0.3) is 0 Å². The normalized spacial score (nSPS) is 13.3. The van der Waals surface area contributed by atoms with Crippen molar-refractivity contribution in [1.82, 2.24) is 9.97 Å². The fraction of sp³-hybridized carbons (Fsp3) is 0.167. The van der Waals surface area contributed by atoms with Crippen LogP contribution < -0.4 is 0 Å². The van der Waals surface area contributed by atoms with Gasteiger partial charge in [0, 0.05) is 17.3 Å². The van der Waals surface area contributed by atoms with Crippen LogP contribution in [0.5, 0.6) is 0 Å². The van der Waals surface area contributed by atoms with Gasteiger partial charge in [-0.2, -0.15) is 13.2 Å². The third-order valence-corrected chi connectivity index (χ3v) is 2.81. The molecule has 0 saturated heterocycles. The number of aromatic nitrogens is 2. The summed E-state index contributed by atoms with van der Waals surface area (Å²) in [6, 6.07) is 2.69. The number of alkyl halides is 3. The van der Waals surface area contributed by atoms with E-state index in [4.69, 9.17) is 11.6 Å². The lowest BCUT2D eigenvalue weighted by molar-refractivity contribution is -0.141. The molecule has 0 radical (unpaired) electrons. The van der Waals surface area contributed by atoms with E-state index in [0.717, 1.165) is 18.3 Å². The number of hydrogen-bond donors (Lipinski definition) is 1. The minimum Gasteiger partial charge on any atom is -0.383 e. The van der Waals surface area contributed by atoms with Crippen LogP contribution in [0.3, 0.4) is 0 Å². The van der Waals surface area contributed by atoms with Crippen molar-refractivity contribution in [2.24, 2.45) is 0 Å². The van der Waals surface area contributed by atoms with Crippen molar-refractivity contribution in [2.75, 3.05) is 0 Å². The van der Waals surface area contributed by atoms with E-state index in [-0.39, 0.29) is 11.1 Å². The molecule has 106 valence electrons. The van der Waals surface area contributed by atoms with Gasteiger partial charge < -0.3 is 5.11 Å². The predicted octanol–water partition coefficient (Wildman–Crippen LogP) is 3.37. The molecule has 2 aromatic heterocycles. The van der Waals surface area contributed by atoms with E-state index in [1.807, 2.05) is 0 Å². The van der Waals surface area contributed by atoms with Crippen molar-refractivity contribution in [2.45, 2.75) is 12.3 Å². The fourth-order valence-electron chi connectivity index (χ4n) is 1.56. The number of hydrogen-bond acceptors (Lipinski definition) is 3. The van der Waals surface area contributed by atoms with Gasteiger partial charge in [0.15, 0.2) is 0 Å². The van der Waals surface area contributed by atoms with E-state index < -0.39 is 28.9 Å². The summed E-state index contributed by atoms with van der Waals surface area (Å²) in [5, 5.41) is 9.48. The summed E-state index contributed by atoms with van der Waals surface area (Å²) in [5.41, 5.74) is -1.17. The maximum Gasteiger partial charge on any atom is 0.433 e. The Bertz CT molecular complexity index is 633. The Labute approximate surface area is 115 Å². The summed E-state index contributed by atoms with van der Waals surface area (Å²) in [6.45, 7) is 0. The lowest BCUT2D eigenvalue weighted by Crippen LogP contribution is -2.10. The first-order chi connectivity index (χ1) is 9.29. The largest absolute Gasteiger partial charge is 0.433 e. The molecule has 2 rings (SSSR count). The standard InChI is InChI=1S/C12H7ClF4N2O/c13-11-8(1-2-9(19-11)12(15,16)17)10(20)6-3-7(14)5-18-4-6/h1-5,10,20H. The van der Waals surface area contributed by atoms with Gasteiger partial charge in [0.05, 0.1) is 6.20 Å². The highest BCUT2D eigenvalue weighted by molar-refractivity contribution is 6.30. The minimum absolute atomic E-state index is 0.0629. The highest BCUT2D eigenvalue weighted by atomic mass is 35.5. The highest BCUT2D eigenvalue weighted by Crippen LogP contribution is 2.32. The van der Waals surface area contributed by atoms with Crippen LogP contribution in [0, 0.1) is 5.82 Å². The molecule has 1 atom stereocenters. The molecule has 3 nitrogen and oxygen atoms in total. The van der Waals surface area contributed by atoms with Crippen molar-refractivity contribution >= 4 is 11.6 Å². The molecule has 0 amide bonds. The summed E-state index contributed by atoms with van der Waals surface area (Å²) in [6.07, 6.45) is -3.93. The number of rotatable bonds is 2. The van der Waals surface area contributed by atoms with Crippen LogP contribution >= 0.6 is 11.6 Å². The molecule has 1 unspecified atom stereocenters. The van der Waals surface area contributed by atoms with Gasteiger partial charge in [-0.25, -0.2) is 9.37 Å². The average molecular weight is 307 g/mol. The molecule has 0 bridgehead atoms. The molecule has 0 aliphatic rings. The summed E-state index contributed by atoms with van der Waals surface area (Å²) in [5.74, 6) is -0.683. The third kappa shape index (κ3) is 3.05. The molecule has 20 heavy (non-hydrogen) atoms. The van der Waals surface area contributed by atoms with Gasteiger partial charge >= 0.3 is 6.18 Å². The molecule has 0 aromatic carbocycles. The van der Waals surface area contributed by atoms with Gasteiger partial charge in [0.25, 0.3) is 0 Å². The van der Waals surface area contributed by atoms with Gasteiger partial charge in [-0.15, -0.1) is 0 Å². The van der Waals surface area contributed by atoms with Crippen molar-refractivity contribution in [3.05, 3.63) is 58.4 Å². The van der Waals surface area contributed by atoms with Crippen LogP contribution in [-0.2, 0) is 6.18 Å². The second kappa shape index (κ2) is 5.34. The first kappa shape index (κ1) is 14.7. The van der Waals surface area contributed by atoms with Crippen molar-refractivity contribution in [3.8, 4) is 0 Å². The Hall–Kier alpha value is -1.73. The lowest BCUT2D eigenvalue weighted by atomic mass is 10.0. The number of aliphatic hydroxyl groups is 1. The zero-order chi connectivity index (χ0) is 14.9. The maximum absolute atomic E-state index is 13.0. The molecule has 0 spiro atoms. The topological polar surface area (TPSA) is 46.0 Å². The Morgan fingerprint density at radius 2 is 1.90 bits per heavy atom. The summed E-state index contributed by atoms with van der Waals surface area (Å²) in [4.78, 5) is 6.72. The van der Waals surface area contributed by atoms with E-state index in [1.54, 1.807) is 0 Å². The van der Waals surface area contributed by atoms with Crippen LogP contribution in [0.4, 0.5) is 17.6 Å². The Morgan fingerprint density at radius 1 is 1.20 bits per heavy atom. The molecule has 8 heteroatoms. The smallest absolute Gasteiger partial charge is 0.383 e. The molecular weight excluding hydrogens is 300 g/mol. The molecule has 0 saturated carbocycles. The Morgan fingerprint density at radius 3 is 2.45 bits per heavy atom. The molecule has 0 aliphatic heterocycles. The molecule has 0 fully saturated rings. The number of aliphatic hydroxyl groups excluding tert-OH is 1. The van der Waals surface area contributed by atoms with Gasteiger partial charge in [-0.05, 0) is 12.1 Å². The van der Waals surface area contributed by atoms with Crippen molar-refractivity contribution in [1.29, 1.82) is 0 Å². The van der Waals surface area contributed by atoms with E-state index in [0.29, 0.717) is 6.07 Å². The zero-order valence-electron chi connectivity index (χ0n) is 9.70. The van der Waals surface area contributed by atoms with E-state index in [1.165, 1.54) is 6.20 Å². The first-order valence-electron chi connectivity index (χ1n) is 5.31. The van der Waals surface area contributed by atoms with Gasteiger partial charge in [0.1, 0.15) is 22.8 Å². The average Bonchev–Trinajstić information content (AvgIpc) is 2.36. The summed E-state index contributed by atoms with van der Waals surface area (Å²) in [7, 11) is 0. The van der Waals surface area contributed by atoms with E-state index in [9.17, 15) is 22.7 Å². The maximum atomic E-state index is 13.0. The minimum atomic E-state index is -4.63. The van der Waals surface area contributed by atoms with Gasteiger partial charge in [-0.1, -0.05) is 17.7 Å². The second-order valence-corrected chi connectivity index (χ2v) is 4.27. The Kier molecular flexibility index (Phi) is 3.92. The van der Waals surface area contributed by atoms with E-state index in [2.05, 4.69) is 9.97 Å². The van der Waals surface area contributed by atoms with Crippen molar-refractivity contribution < 1.29 is 22.7 Å². The number of halogens is 5. The second-order valence-electron chi connectivity index (χ2n) is 3.91. The first-order valence-corrected chi connectivity index (χ1v) is 5.69. The molecular formula is C12H7ClF4N2O. The number of pyridine rings is 2. The SMILES string of the molecule is OC(c1cncc(F)c1)c1ccc(C(F)(F)F)nc1Cl. The summed E-state index contributed by atoms with van der Waals surface area (Å²) >= 11 is 5.63. The molecule has 2 heterocycles. The summed E-state index contributed by atoms with van der Waals surface area (Å²) < 4.78 is 50.3. The van der Waals surface area contributed by atoms with Gasteiger partial charge in [-0.3, -0.25) is 4.98 Å². The quantitative estimate of drug-likeness (QED) is 0.683. The molecule has 0 aliphatic carbocycles. The Balaban J connectivity index is 2.38. The molecule has 2 aromatic rings. The third-order valence-electron chi connectivity index (χ3n) is 2.50. The predicted molar refractivity (Wildman–Crippen MR) is 62.5 cm³/mol. The zero-order valence-corrected chi connectivity index (χ0v) is 10.5. The van der Waals surface area contributed by atoms with Crippen LogP contribution in [-0.4, -0.2) is 15.1 Å². The number of nitrogens with zero attached hydrogens (tertiary/aromatic N) is 2. The van der Waals surface area contributed by atoms with E-state index >= 15 is 0 Å². The van der Waals surface area contributed by atoms with Crippen LogP contribution in [0.15, 0.2) is 30.6 Å². The van der Waals surface area contributed by atoms with Crippen LogP contribution in [0.1, 0.15) is 22.9 Å². The monoisotopic (exact) mass is 306 g/mol. The highest BCUT2D eigenvalue weighted by Gasteiger charge is 2.33. The fourth-order valence-corrected chi connectivity index (χ4v) is 1.82.